The van der Waals surface area contributed by atoms with Crippen LogP contribution in [0.3, 0.4) is 0 Å². The van der Waals surface area contributed by atoms with Crippen molar-refractivity contribution in [3.8, 4) is 5.75 Å². The predicted octanol–water partition coefficient (Wildman–Crippen LogP) is 5.31. The minimum atomic E-state index is -1.33. The van der Waals surface area contributed by atoms with Gasteiger partial charge in [0, 0.05) is 18.9 Å². The van der Waals surface area contributed by atoms with E-state index in [9.17, 15) is 29.1 Å². The van der Waals surface area contributed by atoms with E-state index in [2.05, 4.69) is 10.6 Å². The molecule has 0 aliphatic carbocycles. The van der Waals surface area contributed by atoms with Crippen molar-refractivity contribution in [1.29, 1.82) is 0 Å². The summed E-state index contributed by atoms with van der Waals surface area (Å²) < 4.78 is 11.1. The van der Waals surface area contributed by atoms with Crippen molar-refractivity contribution in [2.45, 2.75) is 130 Å². The Morgan fingerprint density at radius 3 is 1.88 bits per heavy atom. The minimum Gasteiger partial charge on any atom is -0.508 e. The summed E-state index contributed by atoms with van der Waals surface area (Å²) in [6.07, 6.45) is 0.0399. The number of amides is 4. The maximum Gasteiger partial charge on any atom is 0.408 e. The first-order valence-electron chi connectivity index (χ1n) is 17.1. The van der Waals surface area contributed by atoms with Crippen molar-refractivity contribution in [3.63, 3.8) is 0 Å². The number of primary amides is 1. The number of nitrogens with one attached hydrogen (secondary N) is 2. The van der Waals surface area contributed by atoms with Crippen LogP contribution in [-0.4, -0.2) is 69.1 Å². The number of aromatic hydroxyl groups is 1. The number of hydrogen-bond acceptors (Lipinski definition) is 8. The summed E-state index contributed by atoms with van der Waals surface area (Å²) in [5.74, 6) is -2.46. The molecule has 5 N–H and O–H groups in total. The average molecular weight is 697 g/mol. The number of ether oxygens (including phenoxy) is 2. The molecule has 0 saturated carbocycles. The normalized spacial score (nSPS) is 14.1. The average Bonchev–Trinajstić information content (AvgIpc) is 2.99. The lowest BCUT2D eigenvalue weighted by atomic mass is 9.96. The Hall–Kier alpha value is -4.61. The van der Waals surface area contributed by atoms with Gasteiger partial charge in [-0.05, 0) is 96.9 Å². The van der Waals surface area contributed by atoms with Gasteiger partial charge < -0.3 is 35.8 Å². The van der Waals surface area contributed by atoms with Gasteiger partial charge in [0.15, 0.2) is 0 Å². The van der Waals surface area contributed by atoms with E-state index < -0.39 is 65.2 Å². The largest absolute Gasteiger partial charge is 0.508 e. The number of carbonyl (C=O) groups is 5. The van der Waals surface area contributed by atoms with E-state index in [4.69, 9.17) is 15.2 Å². The molecule has 276 valence electrons. The van der Waals surface area contributed by atoms with Gasteiger partial charge in [-0.1, -0.05) is 56.3 Å². The third kappa shape index (κ3) is 14.5. The Morgan fingerprint density at radius 2 is 1.36 bits per heavy atom. The van der Waals surface area contributed by atoms with E-state index in [0.717, 1.165) is 5.56 Å². The lowest BCUT2D eigenvalue weighted by molar-refractivity contribution is -0.159. The Morgan fingerprint density at radius 1 is 0.780 bits per heavy atom. The molecule has 12 heteroatoms. The molecule has 0 saturated heterocycles. The van der Waals surface area contributed by atoms with Crippen molar-refractivity contribution in [3.05, 3.63) is 65.7 Å². The number of alkyl carbamates (subject to hydrolysis) is 1. The van der Waals surface area contributed by atoms with E-state index in [1.54, 1.807) is 48.5 Å². The first-order valence-corrected chi connectivity index (χ1v) is 17.1. The van der Waals surface area contributed by atoms with Crippen LogP contribution < -0.4 is 16.4 Å². The molecule has 0 aliphatic rings. The highest BCUT2D eigenvalue weighted by Gasteiger charge is 2.40. The molecule has 2 aromatic rings. The molecule has 50 heavy (non-hydrogen) atoms. The van der Waals surface area contributed by atoms with Gasteiger partial charge in [-0.3, -0.25) is 14.4 Å². The highest BCUT2D eigenvalue weighted by Crippen LogP contribution is 2.30. The summed E-state index contributed by atoms with van der Waals surface area (Å²) in [6, 6.07) is 10.7. The van der Waals surface area contributed by atoms with Crippen LogP contribution in [0.2, 0.25) is 0 Å². The number of benzene rings is 2. The highest BCUT2D eigenvalue weighted by molar-refractivity contribution is 5.94. The fraction of sp³-hybridized carbons (Fsp3) is 0.553. The van der Waals surface area contributed by atoms with Crippen LogP contribution in [0.1, 0.15) is 105 Å². The number of phenolic OH excluding ortho intramolecular Hbond substituents is 1. The van der Waals surface area contributed by atoms with Crippen molar-refractivity contribution >= 4 is 29.8 Å². The fourth-order valence-corrected chi connectivity index (χ4v) is 5.25. The lowest BCUT2D eigenvalue weighted by Crippen LogP contribution is -2.57. The summed E-state index contributed by atoms with van der Waals surface area (Å²) in [5.41, 5.74) is 4.85. The van der Waals surface area contributed by atoms with Gasteiger partial charge in [-0.2, -0.15) is 0 Å². The predicted molar refractivity (Wildman–Crippen MR) is 191 cm³/mol. The molecule has 12 nitrogen and oxygen atoms in total. The van der Waals surface area contributed by atoms with E-state index >= 15 is 0 Å². The molecule has 4 amide bonds. The van der Waals surface area contributed by atoms with Crippen LogP contribution in [0.4, 0.5) is 4.79 Å². The quantitative estimate of drug-likeness (QED) is 0.171. The fourth-order valence-electron chi connectivity index (χ4n) is 5.25. The summed E-state index contributed by atoms with van der Waals surface area (Å²) in [5, 5.41) is 15.6. The zero-order valence-electron chi connectivity index (χ0n) is 30.9. The molecule has 0 spiro atoms. The molecular weight excluding hydrogens is 640 g/mol. The van der Waals surface area contributed by atoms with Crippen molar-refractivity contribution in [2.24, 2.45) is 11.7 Å². The van der Waals surface area contributed by atoms with E-state index in [1.165, 1.54) is 29.2 Å². The number of hydrogen-bond donors (Lipinski definition) is 4. The van der Waals surface area contributed by atoms with Gasteiger partial charge in [-0.15, -0.1) is 0 Å². The second-order valence-corrected chi connectivity index (χ2v) is 15.0. The molecule has 4 atom stereocenters. The standard InChI is InChI=1S/C38H56N4O8/c1-24(2)15-16-25(3)42(34(46)29(21-22-31(39)44)41-36(48)50-38(7,8)9)32(27-17-19-28(43)20-18-27)33(45)40-30(35(47)49-37(4,5)6)23-26-13-11-10-12-14-26/h10-14,17-20,24-25,29-30,32,43H,15-16,21-23H2,1-9H3,(H2,39,44)(H,40,45)(H,41,48). The number of carbonyl (C=O) groups excluding carboxylic acids is 5. The molecule has 0 heterocycles. The number of nitrogens with two attached hydrogens (primary N) is 1. The van der Waals surface area contributed by atoms with Crippen molar-refractivity contribution in [1.82, 2.24) is 15.5 Å². The molecule has 2 aromatic carbocycles. The molecule has 0 radical (unpaired) electrons. The van der Waals surface area contributed by atoms with Crippen LogP contribution >= 0.6 is 0 Å². The van der Waals surface area contributed by atoms with E-state index in [-0.39, 0.29) is 30.9 Å². The van der Waals surface area contributed by atoms with Crippen LogP contribution in [0, 0.1) is 5.92 Å². The maximum atomic E-state index is 14.7. The van der Waals surface area contributed by atoms with Crippen LogP contribution in [0.15, 0.2) is 54.6 Å². The summed E-state index contributed by atoms with van der Waals surface area (Å²) in [7, 11) is 0. The second-order valence-electron chi connectivity index (χ2n) is 15.0. The Kier molecular flexibility index (Phi) is 15.3. The zero-order valence-corrected chi connectivity index (χ0v) is 30.9. The Balaban J connectivity index is 2.71. The van der Waals surface area contributed by atoms with Gasteiger partial charge >= 0.3 is 12.1 Å². The summed E-state index contributed by atoms with van der Waals surface area (Å²) in [6.45, 7) is 16.1. The monoisotopic (exact) mass is 696 g/mol. The Bertz CT molecular complexity index is 1430. The molecule has 0 aromatic heterocycles. The zero-order chi connectivity index (χ0) is 37.8. The van der Waals surface area contributed by atoms with Crippen LogP contribution in [-0.2, 0) is 35.1 Å². The smallest absolute Gasteiger partial charge is 0.408 e. The Labute approximate surface area is 296 Å². The molecule has 0 bridgehead atoms. The molecule has 4 unspecified atom stereocenters. The number of rotatable bonds is 16. The third-order valence-corrected chi connectivity index (χ3v) is 7.59. The van der Waals surface area contributed by atoms with Gasteiger partial charge in [0.1, 0.15) is 35.1 Å². The molecule has 0 aliphatic heterocycles. The number of phenols is 1. The summed E-state index contributed by atoms with van der Waals surface area (Å²) >= 11 is 0. The van der Waals surface area contributed by atoms with Crippen molar-refractivity contribution in [2.75, 3.05) is 0 Å². The topological polar surface area (TPSA) is 177 Å². The van der Waals surface area contributed by atoms with E-state index in [1.807, 2.05) is 44.2 Å². The summed E-state index contributed by atoms with van der Waals surface area (Å²) in [4.78, 5) is 69.1. The lowest BCUT2D eigenvalue weighted by Gasteiger charge is -2.39. The SMILES string of the molecule is CC(C)CCC(C)N(C(=O)C(CCC(N)=O)NC(=O)OC(C)(C)C)C(C(=O)NC(Cc1ccccc1)C(=O)OC(C)(C)C)c1ccc(O)cc1. The second kappa shape index (κ2) is 18.4. The van der Waals surface area contributed by atoms with Gasteiger partial charge in [-0.25, -0.2) is 9.59 Å². The van der Waals surface area contributed by atoms with Crippen LogP contribution in [0.5, 0.6) is 5.75 Å². The first-order chi connectivity index (χ1) is 23.2. The molecule has 2 rings (SSSR count). The number of esters is 1. The van der Waals surface area contributed by atoms with Gasteiger partial charge in [0.25, 0.3) is 0 Å². The first kappa shape index (κ1) is 41.6. The minimum absolute atomic E-state index is 0.0553. The highest BCUT2D eigenvalue weighted by atomic mass is 16.6. The van der Waals surface area contributed by atoms with E-state index in [0.29, 0.717) is 18.4 Å². The number of nitrogens with zero attached hydrogens (tertiary/aromatic N) is 1. The van der Waals surface area contributed by atoms with Crippen molar-refractivity contribution < 1.29 is 38.6 Å². The van der Waals surface area contributed by atoms with Crippen LogP contribution in [0.25, 0.3) is 0 Å². The third-order valence-electron chi connectivity index (χ3n) is 7.59. The van der Waals surface area contributed by atoms with Gasteiger partial charge in [0.05, 0.1) is 0 Å². The molecular formula is C38H56N4O8. The molecule has 0 fully saturated rings. The maximum absolute atomic E-state index is 14.7. The van der Waals surface area contributed by atoms with Gasteiger partial charge in [0.2, 0.25) is 17.7 Å².